The van der Waals surface area contributed by atoms with E-state index in [1.54, 1.807) is 18.2 Å². The van der Waals surface area contributed by atoms with Crippen molar-refractivity contribution in [1.82, 2.24) is 0 Å². The van der Waals surface area contributed by atoms with Gasteiger partial charge in [-0.1, -0.05) is 41.6 Å². The number of hydrogen-bond donors (Lipinski definition) is 2. The largest absolute Gasteiger partial charge is 0.360 e. The first-order valence-corrected chi connectivity index (χ1v) is 8.02. The fourth-order valence-corrected chi connectivity index (χ4v) is 4.60. The topological polar surface area (TPSA) is 91.7 Å². The summed E-state index contributed by atoms with van der Waals surface area (Å²) in [6.07, 6.45) is 0.731. The lowest BCUT2D eigenvalue weighted by Crippen LogP contribution is -2.52. The van der Waals surface area contributed by atoms with Crippen molar-refractivity contribution < 1.29 is 24.6 Å². The van der Waals surface area contributed by atoms with Crippen LogP contribution in [-0.4, -0.2) is 31.8 Å². The van der Waals surface area contributed by atoms with Gasteiger partial charge in [-0.05, 0) is 18.9 Å². The fraction of sp³-hybridized carbons (Fsp3) is 0.400. The van der Waals surface area contributed by atoms with Crippen molar-refractivity contribution in [3.63, 3.8) is 0 Å². The Balaban J connectivity index is 1.99. The number of alkyl halides is 1. The highest BCUT2D eigenvalue weighted by Crippen LogP contribution is 2.58. The summed E-state index contributed by atoms with van der Waals surface area (Å²) in [5, 5.41) is 20.8. The van der Waals surface area contributed by atoms with E-state index in [4.69, 9.17) is 11.6 Å². The van der Waals surface area contributed by atoms with Crippen LogP contribution in [0.2, 0.25) is 0 Å². The summed E-state index contributed by atoms with van der Waals surface area (Å²) in [6.45, 7) is 0. The monoisotopic (exact) mass is 340 g/mol. The third-order valence-corrected chi connectivity index (χ3v) is 6.11. The lowest BCUT2D eigenvalue weighted by molar-refractivity contribution is -0.183. The third kappa shape index (κ3) is 2.06. The predicted octanol–water partition coefficient (Wildman–Crippen LogP) is 1.37. The molecule has 0 aromatic heterocycles. The van der Waals surface area contributed by atoms with Crippen LogP contribution in [0.3, 0.4) is 0 Å². The molecule has 2 aliphatic rings. The van der Waals surface area contributed by atoms with Crippen LogP contribution in [0.15, 0.2) is 29.2 Å². The Morgan fingerprint density at radius 1 is 1.27 bits per heavy atom. The first-order valence-electron chi connectivity index (χ1n) is 6.82. The number of carbonyl (C=O) groups excluding carboxylic acids is 3. The number of halogens is 1. The Morgan fingerprint density at radius 2 is 1.95 bits per heavy atom. The van der Waals surface area contributed by atoms with Crippen LogP contribution in [0.4, 0.5) is 0 Å². The second-order valence-corrected chi connectivity index (χ2v) is 7.51. The SMILES string of the molecule is O=C1CCCC(C(=O)C2(Cl)Sc3ccccc3C2(O)O)C1=O. The summed E-state index contributed by atoms with van der Waals surface area (Å²) in [5.41, 5.74) is 0.123. The van der Waals surface area contributed by atoms with Crippen LogP contribution < -0.4 is 0 Å². The fourth-order valence-electron chi connectivity index (χ4n) is 2.85. The number of rotatable bonds is 2. The van der Waals surface area contributed by atoms with Gasteiger partial charge in [-0.2, -0.15) is 0 Å². The summed E-state index contributed by atoms with van der Waals surface area (Å²) in [4.78, 5) is 36.7. The van der Waals surface area contributed by atoms with E-state index in [-0.39, 0.29) is 18.4 Å². The molecule has 0 radical (unpaired) electrons. The quantitative estimate of drug-likeness (QED) is 0.366. The molecule has 5 nitrogen and oxygen atoms in total. The highest BCUT2D eigenvalue weighted by Gasteiger charge is 2.63. The number of fused-ring (bicyclic) bond motifs is 1. The lowest BCUT2D eigenvalue weighted by atomic mass is 9.81. The molecule has 7 heteroatoms. The van der Waals surface area contributed by atoms with Crippen molar-refractivity contribution in [2.24, 2.45) is 5.92 Å². The Kier molecular flexibility index (Phi) is 3.68. The molecule has 3 rings (SSSR count). The number of aliphatic hydroxyl groups is 2. The molecule has 1 saturated carbocycles. The van der Waals surface area contributed by atoms with E-state index < -0.39 is 33.3 Å². The molecule has 0 amide bonds. The van der Waals surface area contributed by atoms with Gasteiger partial charge in [-0.15, -0.1) is 0 Å². The normalized spacial score (nSPS) is 30.2. The van der Waals surface area contributed by atoms with Crippen LogP contribution >= 0.6 is 23.4 Å². The Morgan fingerprint density at radius 3 is 2.64 bits per heavy atom. The minimum atomic E-state index is -2.60. The van der Waals surface area contributed by atoms with E-state index in [1.165, 1.54) is 6.07 Å². The molecule has 1 aromatic rings. The molecule has 1 fully saturated rings. The predicted molar refractivity (Wildman–Crippen MR) is 79.4 cm³/mol. The lowest BCUT2D eigenvalue weighted by Gasteiger charge is -2.33. The highest BCUT2D eigenvalue weighted by atomic mass is 35.5. The Bertz CT molecular complexity index is 686. The van der Waals surface area contributed by atoms with Crippen LogP contribution in [0.5, 0.6) is 0 Å². The zero-order valence-electron chi connectivity index (χ0n) is 11.4. The maximum Gasteiger partial charge on any atom is 0.228 e. The molecule has 0 bridgehead atoms. The molecule has 116 valence electrons. The van der Waals surface area contributed by atoms with E-state index >= 15 is 0 Å². The minimum absolute atomic E-state index is 0.120. The van der Waals surface area contributed by atoms with Crippen molar-refractivity contribution in [2.75, 3.05) is 0 Å². The number of carbonyl (C=O) groups is 3. The van der Waals surface area contributed by atoms with Crippen molar-refractivity contribution in [1.29, 1.82) is 0 Å². The van der Waals surface area contributed by atoms with Gasteiger partial charge in [-0.3, -0.25) is 14.4 Å². The molecular weight excluding hydrogens is 328 g/mol. The van der Waals surface area contributed by atoms with Gasteiger partial charge in [0.1, 0.15) is 0 Å². The first kappa shape index (κ1) is 15.7. The minimum Gasteiger partial charge on any atom is -0.360 e. The van der Waals surface area contributed by atoms with E-state index in [2.05, 4.69) is 0 Å². The van der Waals surface area contributed by atoms with Crippen molar-refractivity contribution in [3.05, 3.63) is 29.8 Å². The zero-order chi connectivity index (χ0) is 16.1. The average Bonchev–Trinajstić information content (AvgIpc) is 2.70. The number of hydrogen-bond acceptors (Lipinski definition) is 6. The average molecular weight is 341 g/mol. The summed E-state index contributed by atoms with van der Waals surface area (Å²) in [6, 6.07) is 6.37. The van der Waals surface area contributed by atoms with Crippen molar-refractivity contribution in [2.45, 2.75) is 34.2 Å². The van der Waals surface area contributed by atoms with Gasteiger partial charge in [0.25, 0.3) is 0 Å². The molecular formula is C15H13ClO5S. The second kappa shape index (κ2) is 5.16. The molecule has 22 heavy (non-hydrogen) atoms. The number of ketones is 3. The van der Waals surface area contributed by atoms with Crippen LogP contribution in [0.1, 0.15) is 24.8 Å². The van der Waals surface area contributed by atoms with Crippen LogP contribution in [0, 0.1) is 5.92 Å². The first-order chi connectivity index (χ1) is 10.3. The van der Waals surface area contributed by atoms with E-state index in [1.807, 2.05) is 0 Å². The van der Waals surface area contributed by atoms with Gasteiger partial charge in [0.15, 0.2) is 11.6 Å². The molecule has 0 saturated heterocycles. The molecule has 1 aliphatic carbocycles. The number of benzene rings is 1. The van der Waals surface area contributed by atoms with Gasteiger partial charge in [-0.25, -0.2) is 0 Å². The van der Waals surface area contributed by atoms with E-state index in [0.29, 0.717) is 11.3 Å². The smallest absolute Gasteiger partial charge is 0.228 e. The second-order valence-electron chi connectivity index (χ2n) is 5.46. The van der Waals surface area contributed by atoms with Gasteiger partial charge >= 0.3 is 0 Å². The zero-order valence-corrected chi connectivity index (χ0v) is 13.0. The Hall–Kier alpha value is -1.21. The van der Waals surface area contributed by atoms with E-state index in [0.717, 1.165) is 11.8 Å². The van der Waals surface area contributed by atoms with Gasteiger partial charge < -0.3 is 10.2 Å². The van der Waals surface area contributed by atoms with Gasteiger partial charge in [0.05, 0.1) is 5.92 Å². The maximum atomic E-state index is 12.7. The molecule has 2 atom stereocenters. The molecule has 1 aromatic carbocycles. The van der Waals surface area contributed by atoms with Gasteiger partial charge in [0.2, 0.25) is 15.8 Å². The summed E-state index contributed by atoms with van der Waals surface area (Å²) in [5.74, 6) is -6.03. The third-order valence-electron chi connectivity index (χ3n) is 4.08. The maximum absolute atomic E-state index is 12.7. The number of thioether (sulfide) groups is 1. The van der Waals surface area contributed by atoms with Crippen LogP contribution in [0.25, 0.3) is 0 Å². The summed E-state index contributed by atoms with van der Waals surface area (Å²) in [7, 11) is 0. The molecule has 2 N–H and O–H groups in total. The summed E-state index contributed by atoms with van der Waals surface area (Å²) >= 11 is 7.08. The van der Waals surface area contributed by atoms with Crippen LogP contribution in [-0.2, 0) is 20.2 Å². The van der Waals surface area contributed by atoms with E-state index in [9.17, 15) is 24.6 Å². The standard InChI is InChI=1S/C15H13ClO5S/c16-14(13(19)8-4-3-6-10(17)12(8)18)15(20,21)9-5-1-2-7-11(9)22-14/h1-2,5,7-8,20-21H,3-4,6H2. The number of Topliss-reactive ketones (excluding diaryl/α,β-unsaturated/α-hetero) is 3. The highest BCUT2D eigenvalue weighted by molar-refractivity contribution is 8.03. The Labute approximate surface area is 135 Å². The van der Waals surface area contributed by atoms with Gasteiger partial charge in [0, 0.05) is 16.9 Å². The molecule has 1 aliphatic heterocycles. The molecule has 0 spiro atoms. The summed E-state index contributed by atoms with van der Waals surface area (Å²) < 4.78 is -2.13. The van der Waals surface area contributed by atoms with Crippen molar-refractivity contribution >= 4 is 40.7 Å². The molecule has 1 heterocycles. The van der Waals surface area contributed by atoms with Crippen molar-refractivity contribution in [3.8, 4) is 0 Å². The molecule has 2 unspecified atom stereocenters.